The number of allylic oxidation sites excluding steroid dienone is 1. The Morgan fingerprint density at radius 2 is 1.94 bits per heavy atom. The van der Waals surface area contributed by atoms with E-state index in [1.54, 1.807) is 6.08 Å². The van der Waals surface area contributed by atoms with Gasteiger partial charge in [0.25, 0.3) is 5.91 Å². The highest BCUT2D eigenvalue weighted by atomic mass is 35.5. The molecule has 2 aromatic carbocycles. The number of halogens is 1. The molecule has 1 heterocycles. The number of fused-ring (bicyclic) bond motifs is 1. The summed E-state index contributed by atoms with van der Waals surface area (Å²) in [5, 5.41) is 13.0. The molecular formula is C27H30ClN3O. The van der Waals surface area contributed by atoms with Gasteiger partial charge in [-0.2, -0.15) is 5.26 Å². The Morgan fingerprint density at radius 1 is 1.22 bits per heavy atom. The quantitative estimate of drug-likeness (QED) is 0.400. The Hall–Kier alpha value is -3.03. The van der Waals surface area contributed by atoms with Crippen LogP contribution in [-0.2, 0) is 4.79 Å². The van der Waals surface area contributed by atoms with Gasteiger partial charge in [-0.15, -0.1) is 0 Å². The van der Waals surface area contributed by atoms with Gasteiger partial charge < -0.3 is 10.2 Å². The molecule has 3 rings (SSSR count). The second kappa shape index (κ2) is 9.22. The maximum Gasteiger partial charge on any atom is 0.266 e. The van der Waals surface area contributed by atoms with E-state index in [4.69, 9.17) is 11.6 Å². The van der Waals surface area contributed by atoms with Crippen LogP contribution in [0.3, 0.4) is 0 Å². The molecule has 5 heteroatoms. The summed E-state index contributed by atoms with van der Waals surface area (Å²) in [5.74, 6) is -0.450. The predicted octanol–water partition coefficient (Wildman–Crippen LogP) is 6.91. The minimum atomic E-state index is -0.450. The van der Waals surface area contributed by atoms with Crippen LogP contribution >= 0.6 is 11.6 Å². The molecule has 0 aromatic heterocycles. The predicted molar refractivity (Wildman–Crippen MR) is 135 cm³/mol. The van der Waals surface area contributed by atoms with Gasteiger partial charge in [-0.05, 0) is 82.0 Å². The van der Waals surface area contributed by atoms with Gasteiger partial charge in [0.2, 0.25) is 0 Å². The first-order valence-electron chi connectivity index (χ1n) is 10.9. The van der Waals surface area contributed by atoms with Gasteiger partial charge in [0.05, 0.1) is 5.54 Å². The molecule has 1 aliphatic rings. The van der Waals surface area contributed by atoms with Gasteiger partial charge >= 0.3 is 0 Å². The third-order valence-electron chi connectivity index (χ3n) is 5.84. The molecule has 166 valence electrons. The number of nitriles is 1. The van der Waals surface area contributed by atoms with Crippen molar-refractivity contribution in [1.82, 2.24) is 0 Å². The van der Waals surface area contributed by atoms with Gasteiger partial charge in [-0.25, -0.2) is 0 Å². The van der Waals surface area contributed by atoms with Crippen molar-refractivity contribution in [2.45, 2.75) is 53.5 Å². The average Bonchev–Trinajstić information content (AvgIpc) is 2.71. The van der Waals surface area contributed by atoms with Crippen LogP contribution in [0.1, 0.15) is 56.4 Å². The lowest BCUT2D eigenvalue weighted by molar-refractivity contribution is -0.112. The van der Waals surface area contributed by atoms with Crippen molar-refractivity contribution in [2.75, 3.05) is 16.8 Å². The molecule has 2 aromatic rings. The molecule has 0 bridgehead atoms. The number of benzene rings is 2. The zero-order chi connectivity index (χ0) is 23.6. The molecule has 0 atom stereocenters. The normalized spacial score (nSPS) is 15.0. The first-order chi connectivity index (χ1) is 15.1. The Balaban J connectivity index is 1.99. The van der Waals surface area contributed by atoms with Crippen LogP contribution in [0.15, 0.2) is 42.0 Å². The average molecular weight is 448 g/mol. The third-order valence-corrected chi connectivity index (χ3v) is 6.17. The van der Waals surface area contributed by atoms with Crippen LogP contribution in [0.4, 0.5) is 11.4 Å². The van der Waals surface area contributed by atoms with Crippen LogP contribution in [0.5, 0.6) is 0 Å². The molecule has 1 aliphatic heterocycles. The summed E-state index contributed by atoms with van der Waals surface area (Å²) in [4.78, 5) is 15.2. The molecule has 0 saturated heterocycles. The number of amides is 1. The molecule has 0 aliphatic carbocycles. The van der Waals surface area contributed by atoms with E-state index in [0.29, 0.717) is 16.3 Å². The Kier molecular flexibility index (Phi) is 6.81. The van der Waals surface area contributed by atoms with Gasteiger partial charge in [-0.3, -0.25) is 4.79 Å². The number of hydrogen-bond acceptors (Lipinski definition) is 3. The van der Waals surface area contributed by atoms with Crippen molar-refractivity contribution in [3.8, 4) is 6.07 Å². The zero-order valence-corrected chi connectivity index (χ0v) is 20.4. The first-order valence-corrected chi connectivity index (χ1v) is 11.3. The highest BCUT2D eigenvalue weighted by molar-refractivity contribution is 6.32. The highest BCUT2D eigenvalue weighted by Gasteiger charge is 2.31. The van der Waals surface area contributed by atoms with E-state index >= 15 is 0 Å². The number of anilines is 2. The fourth-order valence-corrected chi connectivity index (χ4v) is 4.52. The fourth-order valence-electron chi connectivity index (χ4n) is 4.31. The fraction of sp³-hybridized carbons (Fsp3) is 0.333. The molecule has 32 heavy (non-hydrogen) atoms. The third kappa shape index (κ3) is 4.74. The van der Waals surface area contributed by atoms with Gasteiger partial charge in [0.15, 0.2) is 0 Å². The number of carbonyl (C=O) groups is 1. The van der Waals surface area contributed by atoms with Crippen molar-refractivity contribution < 1.29 is 4.79 Å². The summed E-state index contributed by atoms with van der Waals surface area (Å²) in [5.41, 5.74) is 6.60. The number of rotatable bonds is 5. The van der Waals surface area contributed by atoms with Crippen molar-refractivity contribution in [1.29, 1.82) is 5.26 Å². The molecule has 1 amide bonds. The molecule has 0 spiro atoms. The summed E-state index contributed by atoms with van der Waals surface area (Å²) < 4.78 is 0. The number of nitrogens with one attached hydrogen (secondary N) is 1. The van der Waals surface area contributed by atoms with E-state index < -0.39 is 5.91 Å². The Morgan fingerprint density at radius 3 is 2.56 bits per heavy atom. The summed E-state index contributed by atoms with van der Waals surface area (Å²) >= 11 is 6.64. The lowest BCUT2D eigenvalue weighted by atomic mass is 9.87. The lowest BCUT2D eigenvalue weighted by Crippen LogP contribution is -2.45. The molecule has 0 radical (unpaired) electrons. The van der Waals surface area contributed by atoms with Crippen molar-refractivity contribution in [3.63, 3.8) is 0 Å². The van der Waals surface area contributed by atoms with Crippen LogP contribution in [0.2, 0.25) is 5.02 Å². The monoisotopic (exact) mass is 447 g/mol. The van der Waals surface area contributed by atoms with Crippen LogP contribution in [0.25, 0.3) is 11.6 Å². The van der Waals surface area contributed by atoms with E-state index in [1.807, 2.05) is 50.2 Å². The van der Waals surface area contributed by atoms with Gasteiger partial charge in [0.1, 0.15) is 11.6 Å². The summed E-state index contributed by atoms with van der Waals surface area (Å²) in [7, 11) is 0. The van der Waals surface area contributed by atoms with E-state index in [0.717, 1.165) is 40.9 Å². The summed E-state index contributed by atoms with van der Waals surface area (Å²) in [6.45, 7) is 13.5. The van der Waals surface area contributed by atoms with Crippen molar-refractivity contribution in [3.05, 3.63) is 69.3 Å². The minimum Gasteiger partial charge on any atom is -0.362 e. The van der Waals surface area contributed by atoms with Crippen LogP contribution < -0.4 is 10.2 Å². The second-order valence-electron chi connectivity index (χ2n) is 8.97. The molecule has 0 fully saturated rings. The molecule has 4 nitrogen and oxygen atoms in total. The summed E-state index contributed by atoms with van der Waals surface area (Å²) in [6.07, 6.45) is 4.84. The number of aryl methyl sites for hydroxylation is 2. The van der Waals surface area contributed by atoms with Crippen molar-refractivity contribution in [2.24, 2.45) is 0 Å². The van der Waals surface area contributed by atoms with E-state index in [9.17, 15) is 10.1 Å². The maximum absolute atomic E-state index is 12.8. The lowest BCUT2D eigenvalue weighted by Gasteiger charge is -2.43. The largest absolute Gasteiger partial charge is 0.362 e. The zero-order valence-electron chi connectivity index (χ0n) is 19.6. The molecule has 0 saturated carbocycles. The Bertz CT molecular complexity index is 1170. The van der Waals surface area contributed by atoms with Gasteiger partial charge in [0, 0.05) is 28.5 Å². The number of nitrogens with zero attached hydrogens (tertiary/aromatic N) is 2. The maximum atomic E-state index is 12.8. The molecular weight excluding hydrogens is 418 g/mol. The molecule has 0 unspecified atom stereocenters. The Labute approximate surface area is 196 Å². The number of carbonyl (C=O) groups excluding carboxylic acids is 1. The smallest absolute Gasteiger partial charge is 0.266 e. The minimum absolute atomic E-state index is 0.00927. The number of hydrogen-bond donors (Lipinski definition) is 1. The topological polar surface area (TPSA) is 56.1 Å². The van der Waals surface area contributed by atoms with E-state index in [1.165, 1.54) is 0 Å². The molecule has 1 N–H and O–H groups in total. The van der Waals surface area contributed by atoms with E-state index in [2.05, 4.69) is 44.0 Å². The van der Waals surface area contributed by atoms with Crippen molar-refractivity contribution >= 4 is 40.5 Å². The van der Waals surface area contributed by atoms with E-state index in [-0.39, 0.29) is 11.1 Å². The standard InChI is InChI=1S/C27H30ClN3O/c1-7-10-31-25-14-23(28)20(13-22(25)19(4)15-27(31,5)6)12-21(16-29)26(32)30-24-9-8-17(2)11-18(24)3/h8-9,11-15H,7,10H2,1-6H3,(H,30,32)/b21-12+. The van der Waals surface area contributed by atoms with Crippen LogP contribution in [0, 0.1) is 25.2 Å². The van der Waals surface area contributed by atoms with Gasteiger partial charge in [-0.1, -0.05) is 42.3 Å². The SMILES string of the molecule is CCCN1c2cc(Cl)c(/C=C(\C#N)C(=O)Nc3ccc(C)cc3C)cc2C(C)=CC1(C)C. The van der Waals surface area contributed by atoms with Crippen LogP contribution in [-0.4, -0.2) is 18.0 Å². The highest BCUT2D eigenvalue weighted by Crippen LogP contribution is 2.41. The summed E-state index contributed by atoms with van der Waals surface area (Å²) in [6, 6.07) is 11.7. The first kappa shape index (κ1) is 23.6. The second-order valence-corrected chi connectivity index (χ2v) is 9.37.